The van der Waals surface area contributed by atoms with E-state index in [-0.39, 0.29) is 24.4 Å². The molecule has 5 nitrogen and oxygen atoms in total. The topological polar surface area (TPSA) is 42.0 Å². The monoisotopic (exact) mass is 450 g/mol. The number of benzene rings is 2. The quantitative estimate of drug-likeness (QED) is 0.647. The zero-order valence-corrected chi connectivity index (χ0v) is 17.4. The minimum absolute atomic E-state index is 0.00651. The molecule has 0 aliphatic carbocycles. The number of nitrogens with zero attached hydrogens (tertiary/aromatic N) is 2. The van der Waals surface area contributed by atoms with Crippen LogP contribution in [0.25, 0.3) is 0 Å². The van der Waals surface area contributed by atoms with Gasteiger partial charge in [0, 0.05) is 24.6 Å². The molecule has 0 N–H and O–H groups in total. The van der Waals surface area contributed by atoms with E-state index in [1.54, 1.807) is 30.1 Å². The molecule has 2 aromatic rings. The van der Waals surface area contributed by atoms with Crippen molar-refractivity contribution in [1.29, 1.82) is 0 Å². The molecule has 0 radical (unpaired) electrons. The fraction of sp³-hybridized carbons (Fsp3) is 0.381. The molecule has 1 amide bonds. The Bertz CT molecular complexity index is 805. The predicted molar refractivity (Wildman–Crippen MR) is 109 cm³/mol. The third kappa shape index (κ3) is 5.77. The van der Waals surface area contributed by atoms with Crippen molar-refractivity contribution < 1.29 is 18.7 Å². The van der Waals surface area contributed by atoms with Gasteiger partial charge in [0.05, 0.1) is 25.8 Å². The summed E-state index contributed by atoms with van der Waals surface area (Å²) in [6, 6.07) is 14.3. The standard InChI is InChI=1S/C21H24BrFN2O3/c1-24(9-11-27-19-8-3-2-7-18(19)23)21(26)15-25-10-12-28-20(14-25)16-5-4-6-17(22)13-16/h2-8,13,20H,9-12,14-15H2,1H3. The Morgan fingerprint density at radius 3 is 2.93 bits per heavy atom. The Kier molecular flexibility index (Phi) is 7.42. The van der Waals surface area contributed by atoms with E-state index in [9.17, 15) is 9.18 Å². The number of hydrogen-bond donors (Lipinski definition) is 0. The molecule has 1 saturated heterocycles. The van der Waals surface area contributed by atoms with E-state index in [0.29, 0.717) is 26.2 Å². The highest BCUT2D eigenvalue weighted by Gasteiger charge is 2.24. The molecule has 3 rings (SSSR count). The van der Waals surface area contributed by atoms with Gasteiger partial charge >= 0.3 is 0 Å². The van der Waals surface area contributed by atoms with Crippen molar-refractivity contribution >= 4 is 21.8 Å². The largest absolute Gasteiger partial charge is 0.489 e. The number of morpholine rings is 1. The van der Waals surface area contributed by atoms with Crippen LogP contribution in [0.15, 0.2) is 53.0 Å². The van der Waals surface area contributed by atoms with Crippen LogP contribution in [0.1, 0.15) is 11.7 Å². The summed E-state index contributed by atoms with van der Waals surface area (Å²) < 4.78 is 25.9. The zero-order chi connectivity index (χ0) is 19.9. The zero-order valence-electron chi connectivity index (χ0n) is 15.8. The van der Waals surface area contributed by atoms with Crippen LogP contribution in [-0.4, -0.2) is 62.1 Å². The van der Waals surface area contributed by atoms with Gasteiger partial charge in [-0.3, -0.25) is 9.69 Å². The van der Waals surface area contributed by atoms with Gasteiger partial charge in [0.1, 0.15) is 6.61 Å². The van der Waals surface area contributed by atoms with Crippen LogP contribution >= 0.6 is 15.9 Å². The second-order valence-corrected chi connectivity index (χ2v) is 7.66. The average molecular weight is 451 g/mol. The van der Waals surface area contributed by atoms with Crippen LogP contribution in [0.3, 0.4) is 0 Å². The van der Waals surface area contributed by atoms with E-state index in [0.717, 1.165) is 16.6 Å². The van der Waals surface area contributed by atoms with Crippen molar-refractivity contribution in [2.45, 2.75) is 6.10 Å². The van der Waals surface area contributed by atoms with E-state index in [4.69, 9.17) is 9.47 Å². The molecule has 150 valence electrons. The van der Waals surface area contributed by atoms with E-state index in [1.807, 2.05) is 24.3 Å². The Labute approximate surface area is 173 Å². The lowest BCUT2D eigenvalue weighted by molar-refractivity contribution is -0.133. The number of carbonyl (C=O) groups is 1. The average Bonchev–Trinajstić information content (AvgIpc) is 2.69. The highest BCUT2D eigenvalue weighted by atomic mass is 79.9. The molecule has 7 heteroatoms. The molecule has 28 heavy (non-hydrogen) atoms. The third-order valence-corrected chi connectivity index (χ3v) is 5.17. The molecule has 0 aromatic heterocycles. The Hall–Kier alpha value is -1.96. The molecular weight excluding hydrogens is 427 g/mol. The first-order chi connectivity index (χ1) is 13.5. The molecule has 1 aliphatic rings. The van der Waals surface area contributed by atoms with Crippen LogP contribution in [-0.2, 0) is 9.53 Å². The Morgan fingerprint density at radius 2 is 2.14 bits per heavy atom. The number of likely N-dealkylation sites (N-methyl/N-ethyl adjacent to an activating group) is 1. The minimum atomic E-state index is -0.400. The summed E-state index contributed by atoms with van der Waals surface area (Å²) in [4.78, 5) is 16.2. The summed E-state index contributed by atoms with van der Waals surface area (Å²) in [6.45, 7) is 2.94. The summed E-state index contributed by atoms with van der Waals surface area (Å²) in [7, 11) is 1.74. The van der Waals surface area contributed by atoms with Gasteiger partial charge in [0.2, 0.25) is 5.91 Å². The number of hydrogen-bond acceptors (Lipinski definition) is 4. The number of carbonyl (C=O) groups excluding carboxylic acids is 1. The summed E-state index contributed by atoms with van der Waals surface area (Å²) >= 11 is 3.48. The van der Waals surface area contributed by atoms with Crippen molar-refractivity contribution in [1.82, 2.24) is 9.80 Å². The molecule has 1 atom stereocenters. The van der Waals surface area contributed by atoms with Crippen molar-refractivity contribution in [3.8, 4) is 5.75 Å². The highest BCUT2D eigenvalue weighted by molar-refractivity contribution is 9.10. The van der Waals surface area contributed by atoms with Crippen LogP contribution in [0.4, 0.5) is 4.39 Å². The van der Waals surface area contributed by atoms with Gasteiger partial charge in [0.25, 0.3) is 0 Å². The molecule has 1 fully saturated rings. The number of halogens is 2. The summed E-state index contributed by atoms with van der Waals surface area (Å²) in [5, 5.41) is 0. The van der Waals surface area contributed by atoms with Gasteiger partial charge in [-0.1, -0.05) is 40.2 Å². The van der Waals surface area contributed by atoms with Crippen molar-refractivity contribution in [2.75, 3.05) is 46.4 Å². The molecule has 0 bridgehead atoms. The lowest BCUT2D eigenvalue weighted by Crippen LogP contribution is -2.45. The van der Waals surface area contributed by atoms with Crippen LogP contribution < -0.4 is 4.74 Å². The Balaban J connectivity index is 1.46. The highest BCUT2D eigenvalue weighted by Crippen LogP contribution is 2.24. The molecule has 0 saturated carbocycles. The SMILES string of the molecule is CN(CCOc1ccccc1F)C(=O)CN1CCOC(c2cccc(Br)c2)C1. The second-order valence-electron chi connectivity index (χ2n) is 6.74. The molecule has 0 spiro atoms. The maximum atomic E-state index is 13.6. The summed E-state index contributed by atoms with van der Waals surface area (Å²) in [6.07, 6.45) is -0.0475. The second kappa shape index (κ2) is 10.0. The van der Waals surface area contributed by atoms with Gasteiger partial charge < -0.3 is 14.4 Å². The first-order valence-corrected chi connectivity index (χ1v) is 10.0. The van der Waals surface area contributed by atoms with E-state index in [2.05, 4.69) is 20.8 Å². The van der Waals surface area contributed by atoms with Gasteiger partial charge in [-0.05, 0) is 29.8 Å². The number of ether oxygens (including phenoxy) is 2. The minimum Gasteiger partial charge on any atom is -0.489 e. The van der Waals surface area contributed by atoms with E-state index >= 15 is 0 Å². The van der Waals surface area contributed by atoms with Crippen molar-refractivity contribution in [3.63, 3.8) is 0 Å². The fourth-order valence-electron chi connectivity index (χ4n) is 3.05. The molecule has 1 aliphatic heterocycles. The van der Waals surface area contributed by atoms with Gasteiger partial charge in [0.15, 0.2) is 11.6 Å². The number of rotatable bonds is 7. The first-order valence-electron chi connectivity index (χ1n) is 9.23. The molecule has 1 unspecified atom stereocenters. The number of para-hydroxylation sites is 1. The summed E-state index contributed by atoms with van der Waals surface area (Å²) in [5.74, 6) is -0.191. The summed E-state index contributed by atoms with van der Waals surface area (Å²) in [5.41, 5.74) is 1.10. The lowest BCUT2D eigenvalue weighted by atomic mass is 10.1. The van der Waals surface area contributed by atoms with Crippen molar-refractivity contribution in [2.24, 2.45) is 0 Å². The van der Waals surface area contributed by atoms with Crippen LogP contribution in [0.2, 0.25) is 0 Å². The van der Waals surface area contributed by atoms with Gasteiger partial charge in [-0.15, -0.1) is 0 Å². The fourth-order valence-corrected chi connectivity index (χ4v) is 3.46. The maximum Gasteiger partial charge on any atom is 0.236 e. The number of amides is 1. The molecule has 1 heterocycles. The predicted octanol–water partition coefficient (Wildman–Crippen LogP) is 3.50. The molecule has 2 aromatic carbocycles. The Morgan fingerprint density at radius 1 is 1.32 bits per heavy atom. The van der Waals surface area contributed by atoms with E-state index in [1.165, 1.54) is 6.07 Å². The normalized spacial score (nSPS) is 17.3. The lowest BCUT2D eigenvalue weighted by Gasteiger charge is -2.33. The van der Waals surface area contributed by atoms with Gasteiger partial charge in [-0.25, -0.2) is 4.39 Å². The first kappa shape index (κ1) is 20.8. The van der Waals surface area contributed by atoms with Crippen LogP contribution in [0, 0.1) is 5.82 Å². The van der Waals surface area contributed by atoms with Crippen LogP contribution in [0.5, 0.6) is 5.75 Å². The van der Waals surface area contributed by atoms with Crippen molar-refractivity contribution in [3.05, 3.63) is 64.4 Å². The van der Waals surface area contributed by atoms with Gasteiger partial charge in [-0.2, -0.15) is 0 Å². The third-order valence-electron chi connectivity index (χ3n) is 4.68. The van der Waals surface area contributed by atoms with E-state index < -0.39 is 5.82 Å². The smallest absolute Gasteiger partial charge is 0.236 e. The molecular formula is C21H24BrFN2O3. The maximum absolute atomic E-state index is 13.6.